The van der Waals surface area contributed by atoms with Crippen LogP contribution in [-0.4, -0.2) is 13.6 Å². The van der Waals surface area contributed by atoms with Crippen molar-refractivity contribution in [1.82, 2.24) is 5.16 Å². The van der Waals surface area contributed by atoms with Gasteiger partial charge in [0.15, 0.2) is 0 Å². The second-order valence-electron chi connectivity index (χ2n) is 2.65. The molecule has 14 heavy (non-hydrogen) atoms. The Kier molecular flexibility index (Phi) is 2.09. The van der Waals surface area contributed by atoms with E-state index in [1.165, 1.54) is 24.5 Å². The molecule has 0 saturated carbocycles. The molecule has 0 N–H and O–H groups in total. The second kappa shape index (κ2) is 3.26. The summed E-state index contributed by atoms with van der Waals surface area (Å²) >= 11 is 0. The molecule has 0 fully saturated rings. The third kappa shape index (κ3) is 1.42. The van der Waals surface area contributed by atoms with Crippen molar-refractivity contribution in [1.29, 1.82) is 0 Å². The minimum atomic E-state index is -3.50. The predicted octanol–water partition coefficient (Wildman–Crippen LogP) is 1.51. The highest BCUT2D eigenvalue weighted by atomic mass is 32.2. The van der Waals surface area contributed by atoms with Gasteiger partial charge in [0.25, 0.3) is 0 Å². The fraction of sp³-hybridized carbons (Fsp3) is 0. The van der Waals surface area contributed by atoms with Crippen LogP contribution in [0.5, 0.6) is 0 Å². The van der Waals surface area contributed by atoms with Crippen LogP contribution in [0.15, 0.2) is 57.1 Å². The Morgan fingerprint density at radius 2 is 1.79 bits per heavy atom. The van der Waals surface area contributed by atoms with E-state index in [-0.39, 0.29) is 9.92 Å². The Bertz CT molecular complexity index is 502. The van der Waals surface area contributed by atoms with E-state index in [9.17, 15) is 8.42 Å². The molecule has 2 rings (SSSR count). The highest BCUT2D eigenvalue weighted by Crippen LogP contribution is 2.17. The van der Waals surface area contributed by atoms with Crippen molar-refractivity contribution in [2.75, 3.05) is 0 Å². The lowest BCUT2D eigenvalue weighted by Crippen LogP contribution is -2.01. The quantitative estimate of drug-likeness (QED) is 0.752. The lowest BCUT2D eigenvalue weighted by atomic mass is 10.4. The Balaban J connectivity index is 2.55. The Morgan fingerprint density at radius 3 is 2.36 bits per heavy atom. The number of rotatable bonds is 2. The van der Waals surface area contributed by atoms with Crippen molar-refractivity contribution in [3.63, 3.8) is 0 Å². The molecule has 4 nitrogen and oxygen atoms in total. The molecular weight excluding hydrogens is 202 g/mol. The molecule has 0 aliphatic carbocycles. The van der Waals surface area contributed by atoms with Gasteiger partial charge >= 0.3 is 0 Å². The molecule has 0 unspecified atom stereocenters. The van der Waals surface area contributed by atoms with E-state index in [2.05, 4.69) is 9.68 Å². The van der Waals surface area contributed by atoms with Gasteiger partial charge in [0.1, 0.15) is 6.26 Å². The van der Waals surface area contributed by atoms with Crippen LogP contribution < -0.4 is 0 Å². The summed E-state index contributed by atoms with van der Waals surface area (Å²) in [4.78, 5) is 0.217. The van der Waals surface area contributed by atoms with Crippen molar-refractivity contribution in [2.45, 2.75) is 9.92 Å². The molecule has 0 radical (unpaired) electrons. The van der Waals surface area contributed by atoms with Crippen LogP contribution in [0.25, 0.3) is 0 Å². The third-order valence-corrected chi connectivity index (χ3v) is 3.40. The average molecular weight is 209 g/mol. The highest BCUT2D eigenvalue weighted by Gasteiger charge is 2.19. The van der Waals surface area contributed by atoms with Gasteiger partial charge < -0.3 is 4.52 Å². The zero-order valence-electron chi connectivity index (χ0n) is 7.12. The first-order valence-corrected chi connectivity index (χ1v) is 5.40. The standard InChI is InChI=1S/C9H7NO3S/c11-14(12,9-6-7-13-10-9)8-4-2-1-3-5-8/h1-7H. The minimum Gasteiger partial charge on any atom is -0.363 e. The van der Waals surface area contributed by atoms with Gasteiger partial charge in [0, 0.05) is 6.07 Å². The topological polar surface area (TPSA) is 60.2 Å². The van der Waals surface area contributed by atoms with Crippen LogP contribution in [0.2, 0.25) is 0 Å². The highest BCUT2D eigenvalue weighted by molar-refractivity contribution is 7.91. The summed E-state index contributed by atoms with van der Waals surface area (Å²) in [6.07, 6.45) is 1.23. The van der Waals surface area contributed by atoms with Crippen molar-refractivity contribution in [3.05, 3.63) is 42.7 Å². The summed E-state index contributed by atoms with van der Waals surface area (Å²) in [5, 5.41) is 3.34. The van der Waals surface area contributed by atoms with Crippen molar-refractivity contribution >= 4 is 9.84 Å². The van der Waals surface area contributed by atoms with E-state index in [0.717, 1.165) is 0 Å². The lowest BCUT2D eigenvalue weighted by molar-refractivity contribution is 0.400. The Labute approximate surface area is 81.1 Å². The van der Waals surface area contributed by atoms with Gasteiger partial charge in [-0.25, -0.2) is 8.42 Å². The molecule has 0 amide bonds. The van der Waals surface area contributed by atoms with Crippen LogP contribution in [-0.2, 0) is 9.84 Å². The number of aromatic nitrogens is 1. The summed E-state index contributed by atoms with van der Waals surface area (Å²) in [6.45, 7) is 0. The fourth-order valence-corrected chi connectivity index (χ4v) is 2.19. The van der Waals surface area contributed by atoms with Crippen LogP contribution >= 0.6 is 0 Å². The van der Waals surface area contributed by atoms with Crippen LogP contribution in [0.4, 0.5) is 0 Å². The van der Waals surface area contributed by atoms with E-state index in [0.29, 0.717) is 0 Å². The molecule has 5 heteroatoms. The number of benzene rings is 1. The van der Waals surface area contributed by atoms with Gasteiger partial charge in [-0.15, -0.1) is 0 Å². The molecule has 0 bridgehead atoms. The van der Waals surface area contributed by atoms with E-state index >= 15 is 0 Å². The maximum absolute atomic E-state index is 11.8. The Morgan fingerprint density at radius 1 is 1.07 bits per heavy atom. The van der Waals surface area contributed by atoms with Crippen LogP contribution in [0.3, 0.4) is 0 Å². The van der Waals surface area contributed by atoms with Crippen LogP contribution in [0.1, 0.15) is 0 Å². The van der Waals surface area contributed by atoms with Gasteiger partial charge in [-0.05, 0) is 12.1 Å². The van der Waals surface area contributed by atoms with E-state index < -0.39 is 9.84 Å². The number of nitrogens with zero attached hydrogens (tertiary/aromatic N) is 1. The minimum absolute atomic E-state index is 0.0660. The maximum atomic E-state index is 11.8. The first-order valence-electron chi connectivity index (χ1n) is 3.92. The Hall–Kier alpha value is -1.62. The zero-order chi connectivity index (χ0) is 10.0. The molecule has 2 aromatic rings. The van der Waals surface area contributed by atoms with Gasteiger partial charge in [0.2, 0.25) is 14.9 Å². The SMILES string of the molecule is O=S(=O)(c1ccccc1)c1ccon1. The third-order valence-electron chi connectivity index (χ3n) is 1.74. The first-order chi connectivity index (χ1) is 6.71. The second-order valence-corrected chi connectivity index (χ2v) is 4.55. The molecule has 1 aromatic heterocycles. The van der Waals surface area contributed by atoms with E-state index in [1.807, 2.05) is 0 Å². The van der Waals surface area contributed by atoms with Crippen molar-refractivity contribution < 1.29 is 12.9 Å². The molecule has 1 aromatic carbocycles. The van der Waals surface area contributed by atoms with Gasteiger partial charge in [0.05, 0.1) is 4.90 Å². The molecule has 0 aliphatic heterocycles. The lowest BCUT2D eigenvalue weighted by Gasteiger charge is -1.98. The predicted molar refractivity (Wildman–Crippen MR) is 48.4 cm³/mol. The molecule has 72 valence electrons. The number of sulfone groups is 1. The molecule has 1 heterocycles. The fourth-order valence-electron chi connectivity index (χ4n) is 1.06. The van der Waals surface area contributed by atoms with E-state index in [4.69, 9.17) is 0 Å². The van der Waals surface area contributed by atoms with Crippen molar-refractivity contribution in [3.8, 4) is 0 Å². The molecular formula is C9H7NO3S. The molecule has 0 atom stereocenters. The molecule has 0 aliphatic rings. The molecule has 0 spiro atoms. The molecule has 0 saturated heterocycles. The number of hydrogen-bond acceptors (Lipinski definition) is 4. The number of hydrogen-bond donors (Lipinski definition) is 0. The summed E-state index contributed by atoms with van der Waals surface area (Å²) in [5.41, 5.74) is 0. The zero-order valence-corrected chi connectivity index (χ0v) is 7.94. The smallest absolute Gasteiger partial charge is 0.227 e. The van der Waals surface area contributed by atoms with Gasteiger partial charge in [-0.2, -0.15) is 0 Å². The van der Waals surface area contributed by atoms with Crippen LogP contribution in [0, 0.1) is 0 Å². The van der Waals surface area contributed by atoms with Crippen molar-refractivity contribution in [2.24, 2.45) is 0 Å². The van der Waals surface area contributed by atoms with E-state index in [1.54, 1.807) is 18.2 Å². The van der Waals surface area contributed by atoms with Gasteiger partial charge in [-0.3, -0.25) is 0 Å². The maximum Gasteiger partial charge on any atom is 0.227 e. The summed E-state index contributed by atoms with van der Waals surface area (Å²) in [7, 11) is -3.50. The summed E-state index contributed by atoms with van der Waals surface area (Å²) < 4.78 is 28.0. The first kappa shape index (κ1) is 8.96. The largest absolute Gasteiger partial charge is 0.363 e. The summed E-state index contributed by atoms with van der Waals surface area (Å²) in [6, 6.07) is 9.43. The monoisotopic (exact) mass is 209 g/mol. The van der Waals surface area contributed by atoms with Gasteiger partial charge in [-0.1, -0.05) is 23.4 Å². The summed E-state index contributed by atoms with van der Waals surface area (Å²) in [5.74, 6) is 0. The normalized spacial score (nSPS) is 11.4. The average Bonchev–Trinajstić information content (AvgIpc) is 2.72.